The van der Waals surface area contributed by atoms with Crippen molar-refractivity contribution in [3.05, 3.63) is 53.7 Å². The molecule has 0 spiro atoms. The van der Waals surface area contributed by atoms with E-state index in [1.807, 2.05) is 0 Å². The highest BCUT2D eigenvalue weighted by Crippen LogP contribution is 2.22. The third-order valence-electron chi connectivity index (χ3n) is 2.43. The zero-order valence-corrected chi connectivity index (χ0v) is 9.23. The fourth-order valence-electron chi connectivity index (χ4n) is 1.59. The summed E-state index contributed by atoms with van der Waals surface area (Å²) in [6.07, 6.45) is 0.440. The van der Waals surface area contributed by atoms with Gasteiger partial charge in [-0.3, -0.25) is 9.78 Å². The Morgan fingerprint density at radius 3 is 2.61 bits per heavy atom. The number of carbonyl (C=O) groups is 1. The quantitative estimate of drug-likeness (QED) is 0.909. The number of pyridine rings is 1. The van der Waals surface area contributed by atoms with E-state index in [1.54, 1.807) is 6.07 Å². The van der Waals surface area contributed by atoms with Crippen molar-refractivity contribution in [3.63, 3.8) is 0 Å². The van der Waals surface area contributed by atoms with Crippen LogP contribution < -0.4 is 0 Å². The van der Waals surface area contributed by atoms with Gasteiger partial charge in [0.05, 0.1) is 18.3 Å². The largest absolute Gasteiger partial charge is 0.481 e. The van der Waals surface area contributed by atoms with Gasteiger partial charge in [-0.15, -0.1) is 0 Å². The Morgan fingerprint density at radius 2 is 1.94 bits per heavy atom. The van der Waals surface area contributed by atoms with E-state index in [0.29, 0.717) is 0 Å². The van der Waals surface area contributed by atoms with Gasteiger partial charge in [0.15, 0.2) is 0 Å². The first-order chi connectivity index (χ1) is 8.58. The number of halogens is 2. The number of carboxylic acids is 1. The van der Waals surface area contributed by atoms with Crippen LogP contribution in [0.1, 0.15) is 5.56 Å². The van der Waals surface area contributed by atoms with Crippen molar-refractivity contribution in [2.45, 2.75) is 6.42 Å². The van der Waals surface area contributed by atoms with E-state index >= 15 is 0 Å². The van der Waals surface area contributed by atoms with Crippen molar-refractivity contribution < 1.29 is 18.7 Å². The van der Waals surface area contributed by atoms with Gasteiger partial charge in [-0.05, 0) is 18.2 Å². The molecule has 0 saturated carbocycles. The highest BCUT2D eigenvalue weighted by molar-refractivity contribution is 5.71. The Bertz CT molecular complexity index is 599. The van der Waals surface area contributed by atoms with E-state index in [9.17, 15) is 13.6 Å². The van der Waals surface area contributed by atoms with Gasteiger partial charge in [-0.2, -0.15) is 0 Å². The number of hydrogen-bond acceptors (Lipinski definition) is 2. The van der Waals surface area contributed by atoms with Crippen molar-refractivity contribution in [2.24, 2.45) is 0 Å². The first kappa shape index (κ1) is 12.2. The van der Waals surface area contributed by atoms with Crippen LogP contribution in [-0.2, 0) is 11.2 Å². The normalized spacial score (nSPS) is 10.3. The number of benzene rings is 1. The molecule has 0 aliphatic carbocycles. The summed E-state index contributed by atoms with van der Waals surface area (Å²) in [5.74, 6) is -2.35. The van der Waals surface area contributed by atoms with Crippen LogP contribution in [0.3, 0.4) is 0 Å². The summed E-state index contributed by atoms with van der Waals surface area (Å²) in [5, 5.41) is 8.65. The third-order valence-corrected chi connectivity index (χ3v) is 2.43. The predicted octanol–water partition coefficient (Wildman–Crippen LogP) is 2.65. The molecule has 18 heavy (non-hydrogen) atoms. The van der Waals surface area contributed by atoms with E-state index in [1.165, 1.54) is 24.3 Å². The Hall–Kier alpha value is -2.30. The smallest absolute Gasteiger partial charge is 0.307 e. The van der Waals surface area contributed by atoms with Gasteiger partial charge in [-0.1, -0.05) is 12.1 Å². The molecule has 1 aromatic heterocycles. The summed E-state index contributed by atoms with van der Waals surface area (Å²) < 4.78 is 26.8. The molecule has 1 aromatic carbocycles. The molecule has 5 heteroatoms. The summed E-state index contributed by atoms with van der Waals surface area (Å²) in [6, 6.07) is 7.17. The fraction of sp³-hybridized carbons (Fsp3) is 0.0769. The average Bonchev–Trinajstić information content (AvgIpc) is 2.32. The number of hydrogen-bond donors (Lipinski definition) is 1. The van der Waals surface area contributed by atoms with Crippen LogP contribution in [0.15, 0.2) is 36.5 Å². The van der Waals surface area contributed by atoms with E-state index in [-0.39, 0.29) is 16.8 Å². The Morgan fingerprint density at radius 1 is 1.22 bits per heavy atom. The van der Waals surface area contributed by atoms with E-state index in [0.717, 1.165) is 6.20 Å². The lowest BCUT2D eigenvalue weighted by molar-refractivity contribution is -0.136. The van der Waals surface area contributed by atoms with Gasteiger partial charge in [0.1, 0.15) is 11.6 Å². The molecule has 0 fully saturated rings. The van der Waals surface area contributed by atoms with Gasteiger partial charge in [0.25, 0.3) is 0 Å². The van der Waals surface area contributed by atoms with Gasteiger partial charge >= 0.3 is 5.97 Å². The average molecular weight is 249 g/mol. The molecular formula is C13H9F2NO2. The summed E-state index contributed by atoms with van der Waals surface area (Å²) in [6.45, 7) is 0. The molecule has 1 heterocycles. The molecular weight excluding hydrogens is 240 g/mol. The number of rotatable bonds is 3. The van der Waals surface area contributed by atoms with Crippen LogP contribution in [0.4, 0.5) is 8.78 Å². The lowest BCUT2D eigenvalue weighted by Gasteiger charge is -2.05. The molecule has 2 rings (SSSR count). The SMILES string of the molecule is O=C(O)Cc1cc(-c2ccccc2F)ncc1F. The fourth-order valence-corrected chi connectivity index (χ4v) is 1.59. The second kappa shape index (κ2) is 4.91. The topological polar surface area (TPSA) is 50.2 Å². The van der Waals surface area contributed by atoms with E-state index < -0.39 is 24.0 Å². The molecule has 0 amide bonds. The van der Waals surface area contributed by atoms with Gasteiger partial charge in [0, 0.05) is 11.1 Å². The van der Waals surface area contributed by atoms with Crippen molar-refractivity contribution >= 4 is 5.97 Å². The molecule has 0 radical (unpaired) electrons. The number of aromatic nitrogens is 1. The third kappa shape index (κ3) is 2.51. The summed E-state index contributed by atoms with van der Waals surface area (Å²) in [4.78, 5) is 14.3. The molecule has 0 bridgehead atoms. The second-order valence-corrected chi connectivity index (χ2v) is 3.71. The molecule has 1 N–H and O–H groups in total. The Labute approximate surface area is 102 Å². The lowest BCUT2D eigenvalue weighted by atomic mass is 10.1. The predicted molar refractivity (Wildman–Crippen MR) is 60.9 cm³/mol. The molecule has 0 aliphatic rings. The van der Waals surface area contributed by atoms with Crippen molar-refractivity contribution in [2.75, 3.05) is 0 Å². The minimum atomic E-state index is -1.15. The highest BCUT2D eigenvalue weighted by atomic mass is 19.1. The zero-order chi connectivity index (χ0) is 13.1. The Balaban J connectivity index is 2.47. The standard InChI is InChI=1S/C13H9F2NO2/c14-10-4-2-1-3-9(10)12-5-8(6-13(17)18)11(15)7-16-12/h1-5,7H,6H2,(H,17,18). The van der Waals surface area contributed by atoms with Crippen molar-refractivity contribution in [1.82, 2.24) is 4.98 Å². The number of carboxylic acid groups (broad SMARTS) is 1. The summed E-state index contributed by atoms with van der Waals surface area (Å²) >= 11 is 0. The Kier molecular flexibility index (Phi) is 3.32. The van der Waals surface area contributed by atoms with Crippen LogP contribution in [0.2, 0.25) is 0 Å². The molecule has 3 nitrogen and oxygen atoms in total. The maximum atomic E-state index is 13.5. The molecule has 0 atom stereocenters. The first-order valence-corrected chi connectivity index (χ1v) is 5.19. The molecule has 0 aliphatic heterocycles. The van der Waals surface area contributed by atoms with Gasteiger partial charge in [-0.25, -0.2) is 8.78 Å². The lowest BCUT2D eigenvalue weighted by Crippen LogP contribution is -2.03. The summed E-state index contributed by atoms with van der Waals surface area (Å²) in [5.41, 5.74) is 0.408. The van der Waals surface area contributed by atoms with Crippen molar-refractivity contribution in [1.29, 1.82) is 0 Å². The molecule has 2 aromatic rings. The highest BCUT2D eigenvalue weighted by Gasteiger charge is 2.11. The van der Waals surface area contributed by atoms with Crippen LogP contribution >= 0.6 is 0 Å². The zero-order valence-electron chi connectivity index (χ0n) is 9.23. The summed E-state index contributed by atoms with van der Waals surface area (Å²) in [7, 11) is 0. The van der Waals surface area contributed by atoms with Crippen LogP contribution in [0.25, 0.3) is 11.3 Å². The molecule has 92 valence electrons. The second-order valence-electron chi connectivity index (χ2n) is 3.71. The van der Waals surface area contributed by atoms with Crippen LogP contribution in [0, 0.1) is 11.6 Å². The van der Waals surface area contributed by atoms with Gasteiger partial charge in [0.2, 0.25) is 0 Å². The molecule has 0 saturated heterocycles. The van der Waals surface area contributed by atoms with Crippen molar-refractivity contribution in [3.8, 4) is 11.3 Å². The monoisotopic (exact) mass is 249 g/mol. The molecule has 0 unspecified atom stereocenters. The van der Waals surface area contributed by atoms with Gasteiger partial charge < -0.3 is 5.11 Å². The maximum absolute atomic E-state index is 13.5. The minimum absolute atomic E-state index is 0.0178. The minimum Gasteiger partial charge on any atom is -0.481 e. The maximum Gasteiger partial charge on any atom is 0.307 e. The van der Waals surface area contributed by atoms with E-state index in [2.05, 4.69) is 4.98 Å². The number of nitrogens with zero attached hydrogens (tertiary/aromatic N) is 1. The van der Waals surface area contributed by atoms with Crippen LogP contribution in [-0.4, -0.2) is 16.1 Å². The van der Waals surface area contributed by atoms with Crippen LogP contribution in [0.5, 0.6) is 0 Å². The first-order valence-electron chi connectivity index (χ1n) is 5.19. The van der Waals surface area contributed by atoms with E-state index in [4.69, 9.17) is 5.11 Å². The number of aliphatic carboxylic acids is 1.